The van der Waals surface area contributed by atoms with Gasteiger partial charge in [0, 0.05) is 26.0 Å². The van der Waals surface area contributed by atoms with E-state index in [0.717, 1.165) is 16.6 Å². The van der Waals surface area contributed by atoms with Gasteiger partial charge in [-0.1, -0.05) is 0 Å². The van der Waals surface area contributed by atoms with Crippen LogP contribution in [0.25, 0.3) is 11.0 Å². The van der Waals surface area contributed by atoms with E-state index in [4.69, 9.17) is 5.21 Å². The van der Waals surface area contributed by atoms with Gasteiger partial charge in [0.05, 0.1) is 11.0 Å². The largest absolute Gasteiger partial charge is 0.349 e. The van der Waals surface area contributed by atoms with Crippen molar-refractivity contribution in [3.05, 3.63) is 30.1 Å². The molecule has 2 aromatic rings. The first-order valence-corrected chi connectivity index (χ1v) is 4.08. The SMILES string of the molecule is Cn1ccc2ncc(CNO)cc21. The summed E-state index contributed by atoms with van der Waals surface area (Å²) in [5, 5.41) is 8.53. The summed E-state index contributed by atoms with van der Waals surface area (Å²) in [5.41, 5.74) is 5.13. The highest BCUT2D eigenvalue weighted by Gasteiger charge is 2.00. The zero-order valence-corrected chi connectivity index (χ0v) is 7.36. The molecule has 0 atom stereocenters. The zero-order valence-electron chi connectivity index (χ0n) is 7.36. The Morgan fingerprint density at radius 3 is 3.23 bits per heavy atom. The molecule has 0 fully saturated rings. The molecule has 0 spiro atoms. The van der Waals surface area contributed by atoms with Crippen molar-refractivity contribution in [3.63, 3.8) is 0 Å². The zero-order chi connectivity index (χ0) is 9.26. The van der Waals surface area contributed by atoms with Crippen molar-refractivity contribution < 1.29 is 5.21 Å². The molecule has 0 aliphatic carbocycles. The van der Waals surface area contributed by atoms with Gasteiger partial charge in [-0.15, -0.1) is 0 Å². The number of hydroxylamine groups is 1. The molecule has 2 heterocycles. The minimum Gasteiger partial charge on any atom is -0.349 e. The molecule has 0 aliphatic heterocycles. The summed E-state index contributed by atoms with van der Waals surface area (Å²) < 4.78 is 2.00. The van der Waals surface area contributed by atoms with E-state index in [2.05, 4.69) is 10.5 Å². The van der Waals surface area contributed by atoms with Gasteiger partial charge in [-0.25, -0.2) is 5.48 Å². The smallest absolute Gasteiger partial charge is 0.0881 e. The van der Waals surface area contributed by atoms with E-state index in [9.17, 15) is 0 Å². The third-order valence-electron chi connectivity index (χ3n) is 2.07. The first-order valence-electron chi connectivity index (χ1n) is 4.08. The van der Waals surface area contributed by atoms with Crippen LogP contribution in [0.2, 0.25) is 0 Å². The predicted molar refractivity (Wildman–Crippen MR) is 49.3 cm³/mol. The number of aryl methyl sites for hydroxylation is 1. The molecule has 0 amide bonds. The normalized spacial score (nSPS) is 10.9. The van der Waals surface area contributed by atoms with Crippen molar-refractivity contribution >= 4 is 11.0 Å². The molecule has 2 N–H and O–H groups in total. The molecule has 0 bridgehead atoms. The van der Waals surface area contributed by atoms with E-state index in [-0.39, 0.29) is 0 Å². The van der Waals surface area contributed by atoms with Gasteiger partial charge in [-0.05, 0) is 17.7 Å². The van der Waals surface area contributed by atoms with Crippen LogP contribution in [0.3, 0.4) is 0 Å². The predicted octanol–water partition coefficient (Wildman–Crippen LogP) is 1.05. The molecule has 0 radical (unpaired) electrons. The Balaban J connectivity index is 2.53. The van der Waals surface area contributed by atoms with Gasteiger partial charge in [0.2, 0.25) is 0 Å². The summed E-state index contributed by atoms with van der Waals surface area (Å²) in [5.74, 6) is 0. The maximum atomic E-state index is 8.53. The van der Waals surface area contributed by atoms with Gasteiger partial charge in [0.1, 0.15) is 0 Å². The molecular weight excluding hydrogens is 166 g/mol. The molecule has 4 heteroatoms. The first kappa shape index (κ1) is 8.22. The number of aromatic nitrogens is 2. The molecule has 13 heavy (non-hydrogen) atoms. The van der Waals surface area contributed by atoms with Crippen LogP contribution in [0.15, 0.2) is 24.5 Å². The number of nitrogens with zero attached hydrogens (tertiary/aromatic N) is 2. The van der Waals surface area contributed by atoms with Crippen molar-refractivity contribution in [2.45, 2.75) is 6.54 Å². The standard InChI is InChI=1S/C9H11N3O/c1-12-3-2-8-9(12)4-7(5-10-8)6-11-13/h2-5,11,13H,6H2,1H3. The third-order valence-corrected chi connectivity index (χ3v) is 2.07. The minimum absolute atomic E-state index is 0.425. The van der Waals surface area contributed by atoms with Crippen LogP contribution in [0.5, 0.6) is 0 Å². The van der Waals surface area contributed by atoms with E-state index >= 15 is 0 Å². The molecule has 68 valence electrons. The summed E-state index contributed by atoms with van der Waals surface area (Å²) in [7, 11) is 1.97. The van der Waals surface area contributed by atoms with Gasteiger partial charge in [0.15, 0.2) is 0 Å². The van der Waals surface area contributed by atoms with Gasteiger partial charge >= 0.3 is 0 Å². The van der Waals surface area contributed by atoms with Crippen molar-refractivity contribution in [1.82, 2.24) is 15.0 Å². The first-order chi connectivity index (χ1) is 6.31. The van der Waals surface area contributed by atoms with Crippen LogP contribution in [0, 0.1) is 0 Å². The number of fused-ring (bicyclic) bond motifs is 1. The van der Waals surface area contributed by atoms with Crippen LogP contribution < -0.4 is 5.48 Å². The molecular formula is C9H11N3O. The summed E-state index contributed by atoms with van der Waals surface area (Å²) >= 11 is 0. The quantitative estimate of drug-likeness (QED) is 0.674. The molecule has 0 aromatic carbocycles. The lowest BCUT2D eigenvalue weighted by atomic mass is 10.2. The highest BCUT2D eigenvalue weighted by molar-refractivity contribution is 5.75. The van der Waals surface area contributed by atoms with Crippen molar-refractivity contribution in [1.29, 1.82) is 0 Å². The fourth-order valence-corrected chi connectivity index (χ4v) is 1.37. The average Bonchev–Trinajstić information content (AvgIpc) is 2.49. The maximum Gasteiger partial charge on any atom is 0.0881 e. The van der Waals surface area contributed by atoms with Gasteiger partial charge in [0.25, 0.3) is 0 Å². The number of hydrogen-bond donors (Lipinski definition) is 2. The van der Waals surface area contributed by atoms with E-state index in [0.29, 0.717) is 6.54 Å². The summed E-state index contributed by atoms with van der Waals surface area (Å²) in [6.07, 6.45) is 3.72. The molecule has 0 unspecified atom stereocenters. The lowest BCUT2D eigenvalue weighted by molar-refractivity contribution is 0.161. The highest BCUT2D eigenvalue weighted by atomic mass is 16.5. The van der Waals surface area contributed by atoms with Crippen LogP contribution >= 0.6 is 0 Å². The Labute approximate surface area is 75.8 Å². The molecule has 0 saturated carbocycles. The fourth-order valence-electron chi connectivity index (χ4n) is 1.37. The van der Waals surface area contributed by atoms with Gasteiger partial charge in [-0.3, -0.25) is 4.98 Å². The molecule has 0 saturated heterocycles. The summed E-state index contributed by atoms with van der Waals surface area (Å²) in [6, 6.07) is 3.97. The van der Waals surface area contributed by atoms with E-state index in [1.165, 1.54) is 0 Å². The second kappa shape index (κ2) is 3.16. The van der Waals surface area contributed by atoms with Gasteiger partial charge in [-0.2, -0.15) is 0 Å². The minimum atomic E-state index is 0.425. The van der Waals surface area contributed by atoms with Gasteiger partial charge < -0.3 is 9.77 Å². The molecule has 2 aromatic heterocycles. The molecule has 2 rings (SSSR count). The third kappa shape index (κ3) is 1.41. The van der Waals surface area contributed by atoms with E-state index in [1.54, 1.807) is 6.20 Å². The topological polar surface area (TPSA) is 50.1 Å². The lowest BCUT2D eigenvalue weighted by Crippen LogP contribution is -2.06. The van der Waals surface area contributed by atoms with E-state index < -0.39 is 0 Å². The Bertz CT molecular complexity index is 422. The molecule has 0 aliphatic rings. The number of rotatable bonds is 2. The van der Waals surface area contributed by atoms with Crippen LogP contribution in [0.1, 0.15) is 5.56 Å². The monoisotopic (exact) mass is 177 g/mol. The number of nitrogens with one attached hydrogen (secondary N) is 1. The Morgan fingerprint density at radius 2 is 2.46 bits per heavy atom. The number of hydrogen-bond acceptors (Lipinski definition) is 3. The average molecular weight is 177 g/mol. The lowest BCUT2D eigenvalue weighted by Gasteiger charge is -2.00. The Hall–Kier alpha value is -1.39. The van der Waals surface area contributed by atoms with E-state index in [1.807, 2.05) is 29.9 Å². The molecule has 4 nitrogen and oxygen atoms in total. The Morgan fingerprint density at radius 1 is 1.62 bits per heavy atom. The number of pyridine rings is 1. The van der Waals surface area contributed by atoms with Crippen molar-refractivity contribution in [2.24, 2.45) is 7.05 Å². The van der Waals surface area contributed by atoms with Crippen LogP contribution in [0.4, 0.5) is 0 Å². The summed E-state index contributed by atoms with van der Waals surface area (Å²) in [6.45, 7) is 0.425. The highest BCUT2D eigenvalue weighted by Crippen LogP contribution is 2.13. The maximum absolute atomic E-state index is 8.53. The fraction of sp³-hybridized carbons (Fsp3) is 0.222. The second-order valence-electron chi connectivity index (χ2n) is 3.01. The summed E-state index contributed by atoms with van der Waals surface area (Å²) in [4.78, 5) is 4.25. The van der Waals surface area contributed by atoms with Crippen molar-refractivity contribution in [2.75, 3.05) is 0 Å². The van der Waals surface area contributed by atoms with Crippen molar-refractivity contribution in [3.8, 4) is 0 Å². The Kier molecular flexibility index (Phi) is 2.00. The van der Waals surface area contributed by atoms with Crippen LogP contribution in [-0.4, -0.2) is 14.8 Å². The van der Waals surface area contributed by atoms with Crippen LogP contribution in [-0.2, 0) is 13.6 Å². The second-order valence-corrected chi connectivity index (χ2v) is 3.01.